The number of ether oxygens (including phenoxy) is 2. The molecule has 0 saturated heterocycles. The van der Waals surface area contributed by atoms with Crippen LogP contribution in [0.2, 0.25) is 0 Å². The van der Waals surface area contributed by atoms with E-state index in [4.69, 9.17) is 26.8 Å². The van der Waals surface area contributed by atoms with E-state index in [1.807, 2.05) is 53.9 Å². The number of nitrogens with zero attached hydrogens (tertiary/aromatic N) is 1. The lowest BCUT2D eigenvalue weighted by atomic mass is 9.79. The summed E-state index contributed by atoms with van der Waals surface area (Å²) in [5, 5.41) is 13.9. The van der Waals surface area contributed by atoms with Gasteiger partial charge < -0.3 is 9.47 Å². The van der Waals surface area contributed by atoms with E-state index in [1.165, 1.54) is 11.3 Å². The van der Waals surface area contributed by atoms with Crippen molar-refractivity contribution in [2.45, 2.75) is 23.6 Å². The van der Waals surface area contributed by atoms with E-state index in [1.54, 1.807) is 6.92 Å². The fraction of sp³-hybridized carbons (Fsp3) is 0.250. The first-order chi connectivity index (χ1) is 12.5. The first kappa shape index (κ1) is 17.3. The molecule has 3 aromatic rings. The summed E-state index contributed by atoms with van der Waals surface area (Å²) in [7, 11) is 0. The van der Waals surface area contributed by atoms with Crippen molar-refractivity contribution in [3.8, 4) is 11.8 Å². The maximum absolute atomic E-state index is 10.0. The number of benzene rings is 2. The molecule has 2 N–H and O–H groups in total. The maximum Gasteiger partial charge on any atom is 0.302 e. The quantitative estimate of drug-likeness (QED) is 0.530. The van der Waals surface area contributed by atoms with Crippen molar-refractivity contribution in [1.82, 2.24) is 0 Å². The molecule has 4 rings (SSSR count). The number of nitrogens with two attached hydrogens (primary N) is 1. The minimum absolute atomic E-state index is 0.268. The Morgan fingerprint density at radius 3 is 2.77 bits per heavy atom. The van der Waals surface area contributed by atoms with Crippen LogP contribution in [0.5, 0.6) is 5.75 Å². The molecule has 4 nitrogen and oxygen atoms in total. The zero-order valence-corrected chi connectivity index (χ0v) is 15.7. The maximum atomic E-state index is 10.0. The lowest BCUT2D eigenvalue weighted by molar-refractivity contribution is -0.199. The molecule has 0 aliphatic carbocycles. The summed E-state index contributed by atoms with van der Waals surface area (Å²) in [4.78, 5) is -0.667. The van der Waals surface area contributed by atoms with Crippen molar-refractivity contribution in [1.29, 1.82) is 5.26 Å². The number of rotatable bonds is 3. The lowest BCUT2D eigenvalue weighted by Crippen LogP contribution is -2.67. The molecule has 0 fully saturated rings. The molecule has 0 bridgehead atoms. The Morgan fingerprint density at radius 2 is 2.08 bits per heavy atom. The Kier molecular flexibility index (Phi) is 4.17. The first-order valence-corrected chi connectivity index (χ1v) is 9.57. The molecule has 1 aromatic heterocycles. The highest BCUT2D eigenvalue weighted by Crippen LogP contribution is 2.55. The minimum atomic E-state index is -1.77. The average Bonchev–Trinajstić information content (AvgIpc) is 3.17. The summed E-state index contributed by atoms with van der Waals surface area (Å²) >= 11 is 8.39. The summed E-state index contributed by atoms with van der Waals surface area (Å²) in [6, 6.07) is 17.9. The van der Waals surface area contributed by atoms with E-state index in [2.05, 4.69) is 6.07 Å². The molecule has 1 aliphatic heterocycles. The van der Waals surface area contributed by atoms with Crippen LogP contribution in [0.1, 0.15) is 23.3 Å². The Hall–Kier alpha value is -2.10. The summed E-state index contributed by atoms with van der Waals surface area (Å²) < 4.78 is 11.8. The molecular weight excluding hydrogens is 368 g/mol. The summed E-state index contributed by atoms with van der Waals surface area (Å²) in [5.74, 6) is -1.63. The van der Waals surface area contributed by atoms with Crippen LogP contribution in [0.15, 0.2) is 53.9 Å². The van der Waals surface area contributed by atoms with Gasteiger partial charge >= 0.3 is 5.91 Å². The van der Waals surface area contributed by atoms with Gasteiger partial charge in [-0.25, -0.2) is 0 Å². The second-order valence-electron chi connectivity index (χ2n) is 6.18. The summed E-state index contributed by atoms with van der Waals surface area (Å²) in [6.45, 7) is 2.06. The first-order valence-electron chi connectivity index (χ1n) is 8.31. The van der Waals surface area contributed by atoms with Crippen LogP contribution in [0, 0.1) is 11.3 Å². The normalized spacial score (nSPS) is 27.5. The molecule has 0 spiro atoms. The topological polar surface area (TPSA) is 68.3 Å². The van der Waals surface area contributed by atoms with Crippen molar-refractivity contribution in [3.05, 3.63) is 64.4 Å². The van der Waals surface area contributed by atoms with Gasteiger partial charge in [-0.15, -0.1) is 11.3 Å². The van der Waals surface area contributed by atoms with Crippen LogP contribution >= 0.6 is 22.9 Å². The fourth-order valence-electron chi connectivity index (χ4n) is 3.54. The predicted molar refractivity (Wildman–Crippen MR) is 103 cm³/mol. The molecule has 3 unspecified atom stereocenters. The predicted octanol–water partition coefficient (Wildman–Crippen LogP) is 4.58. The molecule has 0 amide bonds. The molecule has 6 heteroatoms. The van der Waals surface area contributed by atoms with Gasteiger partial charge in [-0.05, 0) is 23.8 Å². The molecule has 0 radical (unpaired) electrons. The van der Waals surface area contributed by atoms with Crippen molar-refractivity contribution < 1.29 is 9.47 Å². The number of thiophene rings is 1. The highest BCUT2D eigenvalue weighted by atomic mass is 35.5. The number of halogens is 1. The van der Waals surface area contributed by atoms with E-state index in [-0.39, 0.29) is 6.61 Å². The second kappa shape index (κ2) is 6.26. The molecule has 0 saturated carbocycles. The minimum Gasteiger partial charge on any atom is -0.445 e. The summed E-state index contributed by atoms with van der Waals surface area (Å²) in [6.07, 6.45) is 0. The van der Waals surface area contributed by atoms with Gasteiger partial charge in [0.2, 0.25) is 4.87 Å². The van der Waals surface area contributed by atoms with Crippen molar-refractivity contribution >= 4 is 33.7 Å². The molecule has 1 aliphatic rings. The van der Waals surface area contributed by atoms with Gasteiger partial charge in [-0.2, -0.15) is 5.26 Å². The number of hydrogen-bond acceptors (Lipinski definition) is 5. The Labute approximate surface area is 160 Å². The number of hydrogen-bond donors (Lipinski definition) is 1. The number of nitriles is 1. The molecule has 132 valence electrons. The standard InChI is InChI=1S/C20H17ClN2O2S/c1-2-24-20(23)19(21,12-22)17(16-8-5-11-26-16)15-10-9-13-6-3-4-7-14(13)18(15)25-20/h3-11,17H,2,23H2,1H3. The van der Waals surface area contributed by atoms with E-state index in [0.29, 0.717) is 5.75 Å². The zero-order valence-electron chi connectivity index (χ0n) is 14.1. The van der Waals surface area contributed by atoms with Crippen molar-refractivity contribution in [2.75, 3.05) is 6.61 Å². The smallest absolute Gasteiger partial charge is 0.302 e. The number of alkyl halides is 1. The highest BCUT2D eigenvalue weighted by molar-refractivity contribution is 7.10. The lowest BCUT2D eigenvalue weighted by Gasteiger charge is -2.47. The summed E-state index contributed by atoms with van der Waals surface area (Å²) in [5.41, 5.74) is 7.30. The monoisotopic (exact) mass is 384 g/mol. The van der Waals surface area contributed by atoms with E-state index < -0.39 is 16.7 Å². The van der Waals surface area contributed by atoms with Crippen LogP contribution in [0.4, 0.5) is 0 Å². The Bertz CT molecular complexity index is 1000. The fourth-order valence-corrected chi connectivity index (χ4v) is 4.84. The van der Waals surface area contributed by atoms with Gasteiger partial charge in [-0.1, -0.05) is 54.1 Å². The van der Waals surface area contributed by atoms with E-state index in [0.717, 1.165) is 21.2 Å². The van der Waals surface area contributed by atoms with Crippen LogP contribution in [0.25, 0.3) is 10.8 Å². The van der Waals surface area contributed by atoms with Crippen LogP contribution in [-0.4, -0.2) is 17.4 Å². The molecule has 2 aromatic carbocycles. The van der Waals surface area contributed by atoms with Gasteiger partial charge in [0.05, 0.1) is 12.0 Å². The molecule has 2 heterocycles. The van der Waals surface area contributed by atoms with Crippen LogP contribution in [-0.2, 0) is 4.74 Å². The Morgan fingerprint density at radius 1 is 1.27 bits per heavy atom. The molecule has 26 heavy (non-hydrogen) atoms. The third-order valence-electron chi connectivity index (χ3n) is 4.73. The average molecular weight is 385 g/mol. The van der Waals surface area contributed by atoms with Crippen LogP contribution in [0.3, 0.4) is 0 Å². The second-order valence-corrected chi connectivity index (χ2v) is 7.76. The molecule has 3 atom stereocenters. The van der Waals surface area contributed by atoms with Crippen molar-refractivity contribution in [3.63, 3.8) is 0 Å². The third-order valence-corrected chi connectivity index (χ3v) is 6.23. The van der Waals surface area contributed by atoms with Gasteiger partial charge in [-0.3, -0.25) is 5.73 Å². The van der Waals surface area contributed by atoms with Crippen molar-refractivity contribution in [2.24, 2.45) is 5.73 Å². The Balaban J connectivity index is 2.06. The van der Waals surface area contributed by atoms with Gasteiger partial charge in [0.25, 0.3) is 0 Å². The van der Waals surface area contributed by atoms with Crippen LogP contribution < -0.4 is 10.5 Å². The number of fused-ring (bicyclic) bond motifs is 3. The van der Waals surface area contributed by atoms with E-state index >= 15 is 0 Å². The zero-order chi connectivity index (χ0) is 18.4. The molecular formula is C20H17ClN2O2S. The highest BCUT2D eigenvalue weighted by Gasteiger charge is 2.62. The van der Waals surface area contributed by atoms with Gasteiger partial charge in [0.1, 0.15) is 5.75 Å². The third kappa shape index (κ3) is 2.34. The van der Waals surface area contributed by atoms with Gasteiger partial charge in [0.15, 0.2) is 0 Å². The van der Waals surface area contributed by atoms with Gasteiger partial charge in [0, 0.05) is 22.4 Å². The SMILES string of the molecule is CCOC1(N)Oc2c(ccc3ccccc23)C(c2cccs2)C1(Cl)C#N. The van der Waals surface area contributed by atoms with E-state index in [9.17, 15) is 5.26 Å². The largest absolute Gasteiger partial charge is 0.445 e.